The minimum Gasteiger partial charge on any atom is -0.504 e. The number of rotatable bonds is 2. The third-order valence-corrected chi connectivity index (χ3v) is 4.04. The van der Waals surface area contributed by atoms with E-state index >= 15 is 0 Å². The van der Waals surface area contributed by atoms with Crippen LogP contribution in [0.25, 0.3) is 0 Å². The van der Waals surface area contributed by atoms with E-state index in [1.807, 2.05) is 6.92 Å². The molecule has 1 fully saturated rings. The molecule has 1 heterocycles. The van der Waals surface area contributed by atoms with Gasteiger partial charge in [0.15, 0.2) is 11.6 Å². The zero-order chi connectivity index (χ0) is 12.4. The number of nitrogens with zero attached hydrogens (tertiary/aromatic N) is 1. The molecule has 3 nitrogen and oxygen atoms in total. The van der Waals surface area contributed by atoms with E-state index in [2.05, 4.69) is 26.1 Å². The minimum absolute atomic E-state index is 0.282. The zero-order valence-electron chi connectivity index (χ0n) is 9.76. The molecule has 1 aromatic rings. The van der Waals surface area contributed by atoms with Gasteiger partial charge < -0.3 is 10.4 Å². The van der Waals surface area contributed by atoms with Crippen molar-refractivity contribution in [2.45, 2.75) is 13.5 Å². The van der Waals surface area contributed by atoms with Gasteiger partial charge in [0.2, 0.25) is 0 Å². The quantitative estimate of drug-likeness (QED) is 0.877. The number of benzene rings is 1. The Morgan fingerprint density at radius 3 is 2.76 bits per heavy atom. The molecule has 17 heavy (non-hydrogen) atoms. The third kappa shape index (κ3) is 2.78. The van der Waals surface area contributed by atoms with Crippen LogP contribution in [0.3, 0.4) is 0 Å². The summed E-state index contributed by atoms with van der Waals surface area (Å²) in [4.78, 5) is 2.18. The first kappa shape index (κ1) is 12.8. The average Bonchev–Trinajstić information content (AvgIpc) is 2.35. The summed E-state index contributed by atoms with van der Waals surface area (Å²) in [6.45, 7) is 6.09. The van der Waals surface area contributed by atoms with Crippen LogP contribution in [-0.4, -0.2) is 36.2 Å². The molecule has 2 N–H and O–H groups in total. The minimum atomic E-state index is -0.513. The normalized spacial score (nSPS) is 17.4. The van der Waals surface area contributed by atoms with Crippen LogP contribution >= 0.6 is 15.9 Å². The Balaban J connectivity index is 2.20. The van der Waals surface area contributed by atoms with E-state index in [0.717, 1.165) is 31.7 Å². The fourth-order valence-corrected chi connectivity index (χ4v) is 2.34. The third-order valence-electron chi connectivity index (χ3n) is 3.04. The highest BCUT2D eigenvalue weighted by Crippen LogP contribution is 2.32. The Labute approximate surface area is 109 Å². The molecule has 1 aromatic carbocycles. The summed E-state index contributed by atoms with van der Waals surface area (Å²) < 4.78 is 14.3. The van der Waals surface area contributed by atoms with Crippen molar-refractivity contribution < 1.29 is 9.50 Å². The molecule has 1 aliphatic heterocycles. The second kappa shape index (κ2) is 5.33. The van der Waals surface area contributed by atoms with Crippen LogP contribution < -0.4 is 5.32 Å². The molecule has 0 aliphatic carbocycles. The Bertz CT molecular complexity index is 419. The van der Waals surface area contributed by atoms with Gasteiger partial charge >= 0.3 is 0 Å². The van der Waals surface area contributed by atoms with Crippen molar-refractivity contribution in [2.75, 3.05) is 26.2 Å². The molecule has 2 rings (SSSR count). The highest BCUT2D eigenvalue weighted by atomic mass is 79.9. The van der Waals surface area contributed by atoms with E-state index in [9.17, 15) is 9.50 Å². The lowest BCUT2D eigenvalue weighted by Gasteiger charge is -2.27. The van der Waals surface area contributed by atoms with Crippen LogP contribution in [0.15, 0.2) is 10.5 Å². The molecular formula is C12H16BrFN2O. The van der Waals surface area contributed by atoms with Gasteiger partial charge in [0, 0.05) is 38.3 Å². The molecule has 0 unspecified atom stereocenters. The number of aryl methyl sites for hydroxylation is 1. The average molecular weight is 303 g/mol. The molecule has 0 spiro atoms. The van der Waals surface area contributed by atoms with Crippen molar-refractivity contribution in [3.8, 4) is 5.75 Å². The van der Waals surface area contributed by atoms with Gasteiger partial charge in [0.25, 0.3) is 0 Å². The Kier molecular flexibility index (Phi) is 4.01. The highest BCUT2D eigenvalue weighted by molar-refractivity contribution is 9.10. The van der Waals surface area contributed by atoms with E-state index in [4.69, 9.17) is 0 Å². The maximum Gasteiger partial charge on any atom is 0.170 e. The van der Waals surface area contributed by atoms with Gasteiger partial charge in [-0.2, -0.15) is 0 Å². The molecule has 0 radical (unpaired) electrons. The van der Waals surface area contributed by atoms with Crippen molar-refractivity contribution >= 4 is 15.9 Å². The van der Waals surface area contributed by atoms with Crippen LogP contribution in [0.5, 0.6) is 5.75 Å². The second-order valence-corrected chi connectivity index (χ2v) is 5.15. The fourth-order valence-electron chi connectivity index (χ4n) is 2.05. The van der Waals surface area contributed by atoms with Gasteiger partial charge in [-0.3, -0.25) is 4.90 Å². The number of hydrogen-bond acceptors (Lipinski definition) is 3. The summed E-state index contributed by atoms with van der Waals surface area (Å²) in [5, 5.41) is 12.9. The summed E-state index contributed by atoms with van der Waals surface area (Å²) in [5.74, 6) is -0.795. The molecular weight excluding hydrogens is 287 g/mol. The number of halogens is 2. The van der Waals surface area contributed by atoms with Gasteiger partial charge in [-0.1, -0.05) is 6.07 Å². The predicted molar refractivity (Wildman–Crippen MR) is 68.6 cm³/mol. The molecule has 1 aliphatic rings. The van der Waals surface area contributed by atoms with E-state index in [1.165, 1.54) is 0 Å². The molecule has 0 saturated carbocycles. The summed E-state index contributed by atoms with van der Waals surface area (Å²) in [5.41, 5.74) is 1.42. The Hall–Kier alpha value is -0.650. The number of aromatic hydroxyl groups is 1. The largest absolute Gasteiger partial charge is 0.504 e. The van der Waals surface area contributed by atoms with Crippen molar-refractivity contribution in [1.29, 1.82) is 0 Å². The van der Waals surface area contributed by atoms with Crippen LogP contribution in [-0.2, 0) is 6.54 Å². The molecule has 0 atom stereocenters. The van der Waals surface area contributed by atoms with Crippen molar-refractivity contribution in [3.05, 3.63) is 27.5 Å². The first-order valence-corrected chi connectivity index (χ1v) is 6.48. The van der Waals surface area contributed by atoms with Gasteiger partial charge in [0.05, 0.1) is 4.47 Å². The number of nitrogens with one attached hydrogen (secondary N) is 1. The standard InChI is InChI=1S/C12H16BrFN2O/c1-8-6-9(11(14)12(17)10(8)13)7-16-4-2-15-3-5-16/h6,15,17H,2-5,7H2,1H3. The van der Waals surface area contributed by atoms with Crippen LogP contribution in [0.2, 0.25) is 0 Å². The number of piperazine rings is 1. The van der Waals surface area contributed by atoms with Gasteiger partial charge in [-0.25, -0.2) is 4.39 Å². The summed E-state index contributed by atoms with van der Waals surface area (Å²) in [6.07, 6.45) is 0. The van der Waals surface area contributed by atoms with Crippen LogP contribution in [0.4, 0.5) is 4.39 Å². The molecule has 0 bridgehead atoms. The van der Waals surface area contributed by atoms with Gasteiger partial charge in [-0.05, 0) is 28.4 Å². The Morgan fingerprint density at radius 1 is 1.47 bits per heavy atom. The first-order valence-electron chi connectivity index (χ1n) is 5.69. The van der Waals surface area contributed by atoms with Crippen molar-refractivity contribution in [2.24, 2.45) is 0 Å². The molecule has 94 valence electrons. The summed E-state index contributed by atoms with van der Waals surface area (Å²) in [6, 6.07) is 1.79. The molecule has 5 heteroatoms. The lowest BCUT2D eigenvalue weighted by Crippen LogP contribution is -2.43. The van der Waals surface area contributed by atoms with E-state index in [-0.39, 0.29) is 5.75 Å². The number of phenolic OH excluding ortho intramolecular Hbond substituents is 1. The Morgan fingerprint density at radius 2 is 2.12 bits per heavy atom. The zero-order valence-corrected chi connectivity index (χ0v) is 11.3. The van der Waals surface area contributed by atoms with Gasteiger partial charge in [-0.15, -0.1) is 0 Å². The maximum absolute atomic E-state index is 13.9. The number of phenols is 1. The van der Waals surface area contributed by atoms with E-state index in [0.29, 0.717) is 16.6 Å². The van der Waals surface area contributed by atoms with Gasteiger partial charge in [0.1, 0.15) is 0 Å². The van der Waals surface area contributed by atoms with Crippen molar-refractivity contribution in [1.82, 2.24) is 10.2 Å². The molecule has 0 aromatic heterocycles. The van der Waals surface area contributed by atoms with Crippen molar-refractivity contribution in [3.63, 3.8) is 0 Å². The lowest BCUT2D eigenvalue weighted by molar-refractivity contribution is 0.229. The SMILES string of the molecule is Cc1cc(CN2CCNCC2)c(F)c(O)c1Br. The van der Waals surface area contributed by atoms with Crippen LogP contribution in [0.1, 0.15) is 11.1 Å². The predicted octanol–water partition coefficient (Wildman–Crippen LogP) is 2.01. The summed E-state index contributed by atoms with van der Waals surface area (Å²) in [7, 11) is 0. The molecule has 0 amide bonds. The van der Waals surface area contributed by atoms with Crippen LogP contribution in [0, 0.1) is 12.7 Å². The fraction of sp³-hybridized carbons (Fsp3) is 0.500. The summed E-state index contributed by atoms with van der Waals surface area (Å²) >= 11 is 3.18. The topological polar surface area (TPSA) is 35.5 Å². The maximum atomic E-state index is 13.9. The first-order chi connectivity index (χ1) is 8.09. The van der Waals surface area contributed by atoms with E-state index in [1.54, 1.807) is 6.07 Å². The smallest absolute Gasteiger partial charge is 0.170 e. The number of hydrogen-bond donors (Lipinski definition) is 2. The lowest BCUT2D eigenvalue weighted by atomic mass is 10.1. The second-order valence-electron chi connectivity index (χ2n) is 4.36. The highest BCUT2D eigenvalue weighted by Gasteiger charge is 2.17. The monoisotopic (exact) mass is 302 g/mol. The van der Waals surface area contributed by atoms with E-state index < -0.39 is 5.82 Å². The molecule has 1 saturated heterocycles.